The summed E-state index contributed by atoms with van der Waals surface area (Å²) in [5.74, 6) is -0.381. The zero-order valence-electron chi connectivity index (χ0n) is 11.0. The third-order valence-electron chi connectivity index (χ3n) is 3.00. The highest BCUT2D eigenvalue weighted by atomic mass is 16.5. The minimum atomic E-state index is -0.381. The summed E-state index contributed by atoms with van der Waals surface area (Å²) >= 11 is 0. The van der Waals surface area contributed by atoms with E-state index in [4.69, 9.17) is 0 Å². The number of carbonyl (C=O) groups is 2. The summed E-state index contributed by atoms with van der Waals surface area (Å²) in [7, 11) is 1.34. The van der Waals surface area contributed by atoms with Crippen molar-refractivity contribution in [1.82, 2.24) is 9.78 Å². The monoisotopic (exact) mass is 258 g/mol. The number of ether oxygens (including phenoxy) is 1. The first-order chi connectivity index (χ1) is 9.08. The molecule has 2 aromatic rings. The van der Waals surface area contributed by atoms with E-state index in [9.17, 15) is 9.59 Å². The highest BCUT2D eigenvalue weighted by molar-refractivity contribution is 5.89. The Labute approximate surface area is 110 Å². The molecule has 1 aromatic heterocycles. The van der Waals surface area contributed by atoms with Crippen molar-refractivity contribution in [2.24, 2.45) is 0 Å². The Hall–Kier alpha value is -2.43. The third kappa shape index (κ3) is 2.27. The van der Waals surface area contributed by atoms with Gasteiger partial charge in [0.1, 0.15) is 0 Å². The van der Waals surface area contributed by atoms with Crippen molar-refractivity contribution in [2.75, 3.05) is 7.11 Å². The van der Waals surface area contributed by atoms with Crippen LogP contribution in [-0.2, 0) is 4.74 Å². The Bertz CT molecular complexity index is 627. The fourth-order valence-corrected chi connectivity index (χ4v) is 1.93. The number of esters is 1. The van der Waals surface area contributed by atoms with Crippen LogP contribution >= 0.6 is 0 Å². The fraction of sp³-hybridized carbons (Fsp3) is 0.214. The van der Waals surface area contributed by atoms with Gasteiger partial charge in [-0.05, 0) is 38.1 Å². The van der Waals surface area contributed by atoms with Gasteiger partial charge in [-0.3, -0.25) is 4.79 Å². The van der Waals surface area contributed by atoms with Crippen molar-refractivity contribution in [3.63, 3.8) is 0 Å². The number of aromatic nitrogens is 2. The minimum absolute atomic E-state index is 0.381. The molecule has 0 aliphatic carbocycles. The van der Waals surface area contributed by atoms with Gasteiger partial charge in [-0.2, -0.15) is 5.10 Å². The second-order valence-electron chi connectivity index (χ2n) is 4.15. The third-order valence-corrected chi connectivity index (χ3v) is 3.00. The maximum absolute atomic E-state index is 11.3. The maximum Gasteiger partial charge on any atom is 0.337 e. The molecule has 0 N–H and O–H groups in total. The summed E-state index contributed by atoms with van der Waals surface area (Å²) in [5.41, 5.74) is 3.32. The molecule has 5 nitrogen and oxygen atoms in total. The zero-order valence-corrected chi connectivity index (χ0v) is 11.0. The van der Waals surface area contributed by atoms with Gasteiger partial charge in [-0.25, -0.2) is 9.48 Å². The number of nitrogens with zero attached hydrogens (tertiary/aromatic N) is 2. The first-order valence-electron chi connectivity index (χ1n) is 5.78. The number of methoxy groups -OCH3 is 1. The number of aryl methyl sites for hydroxylation is 1. The second-order valence-corrected chi connectivity index (χ2v) is 4.15. The smallest absolute Gasteiger partial charge is 0.337 e. The quantitative estimate of drug-likeness (QED) is 0.624. The van der Waals surface area contributed by atoms with Gasteiger partial charge in [-0.15, -0.1) is 0 Å². The van der Waals surface area contributed by atoms with E-state index >= 15 is 0 Å². The molecule has 0 bridgehead atoms. The Morgan fingerprint density at radius 2 is 1.89 bits per heavy atom. The zero-order chi connectivity index (χ0) is 14.0. The highest BCUT2D eigenvalue weighted by Crippen LogP contribution is 2.17. The lowest BCUT2D eigenvalue weighted by Crippen LogP contribution is -2.03. The number of rotatable bonds is 3. The predicted octanol–water partition coefficient (Wildman–Crippen LogP) is 2.09. The van der Waals surface area contributed by atoms with Crippen LogP contribution in [-0.4, -0.2) is 29.1 Å². The summed E-state index contributed by atoms with van der Waals surface area (Å²) in [4.78, 5) is 22.3. The summed E-state index contributed by atoms with van der Waals surface area (Å²) < 4.78 is 6.32. The van der Waals surface area contributed by atoms with Crippen molar-refractivity contribution in [3.05, 3.63) is 46.8 Å². The van der Waals surface area contributed by atoms with Gasteiger partial charge in [0, 0.05) is 0 Å². The van der Waals surface area contributed by atoms with E-state index in [2.05, 4.69) is 9.84 Å². The number of hydrogen-bond donors (Lipinski definition) is 0. The molecule has 98 valence electrons. The molecule has 0 radical (unpaired) electrons. The molecule has 0 aliphatic rings. The fourth-order valence-electron chi connectivity index (χ4n) is 1.93. The molecule has 0 aliphatic heterocycles. The van der Waals surface area contributed by atoms with Crippen LogP contribution in [0.4, 0.5) is 0 Å². The molecule has 2 rings (SSSR count). The topological polar surface area (TPSA) is 61.2 Å². The lowest BCUT2D eigenvalue weighted by atomic mass is 10.2. The lowest BCUT2D eigenvalue weighted by Gasteiger charge is -2.05. The van der Waals surface area contributed by atoms with Crippen LogP contribution in [0.1, 0.15) is 32.1 Å². The van der Waals surface area contributed by atoms with Gasteiger partial charge >= 0.3 is 5.97 Å². The summed E-state index contributed by atoms with van der Waals surface area (Å²) in [6.07, 6.45) is 0.803. The number of carbonyl (C=O) groups excluding carboxylic acids is 2. The van der Waals surface area contributed by atoms with Gasteiger partial charge in [0.2, 0.25) is 0 Å². The lowest BCUT2D eigenvalue weighted by molar-refractivity contribution is 0.0600. The van der Waals surface area contributed by atoms with Crippen molar-refractivity contribution < 1.29 is 14.3 Å². The van der Waals surface area contributed by atoms with Crippen LogP contribution in [0.5, 0.6) is 0 Å². The maximum atomic E-state index is 11.3. The Morgan fingerprint density at radius 3 is 2.37 bits per heavy atom. The van der Waals surface area contributed by atoms with E-state index in [1.54, 1.807) is 35.9 Å². The minimum Gasteiger partial charge on any atom is -0.465 e. The molecule has 0 atom stereocenters. The van der Waals surface area contributed by atoms with Crippen molar-refractivity contribution in [1.29, 1.82) is 0 Å². The number of aldehydes is 1. The molecule has 5 heteroatoms. The number of benzene rings is 1. The van der Waals surface area contributed by atoms with E-state index in [1.165, 1.54) is 7.11 Å². The second kappa shape index (κ2) is 5.06. The molecule has 0 unspecified atom stereocenters. The Balaban J connectivity index is 2.43. The van der Waals surface area contributed by atoms with E-state index in [-0.39, 0.29) is 5.97 Å². The molecule has 1 aromatic carbocycles. The molecular formula is C14H14N2O3. The Kier molecular flexibility index (Phi) is 3.46. The van der Waals surface area contributed by atoms with Gasteiger partial charge < -0.3 is 4.74 Å². The summed E-state index contributed by atoms with van der Waals surface area (Å²) in [6.45, 7) is 3.62. The van der Waals surface area contributed by atoms with E-state index < -0.39 is 0 Å². The van der Waals surface area contributed by atoms with Crippen LogP contribution in [0.3, 0.4) is 0 Å². The van der Waals surface area contributed by atoms with Gasteiger partial charge in [0.15, 0.2) is 6.29 Å². The van der Waals surface area contributed by atoms with Gasteiger partial charge in [-0.1, -0.05) is 0 Å². The molecule has 0 saturated carbocycles. The first-order valence-corrected chi connectivity index (χ1v) is 5.78. The van der Waals surface area contributed by atoms with Crippen LogP contribution < -0.4 is 0 Å². The average Bonchev–Trinajstić information content (AvgIpc) is 2.72. The standard InChI is InChI=1S/C14H14N2O3/c1-9-13(8-17)10(2)16(15-9)12-6-4-11(5-7-12)14(18)19-3/h4-8H,1-3H3. The Morgan fingerprint density at radius 1 is 1.26 bits per heavy atom. The van der Waals surface area contributed by atoms with Crippen LogP contribution in [0.25, 0.3) is 5.69 Å². The summed E-state index contributed by atoms with van der Waals surface area (Å²) in [5, 5.41) is 4.32. The average molecular weight is 258 g/mol. The molecule has 0 fully saturated rings. The van der Waals surface area contributed by atoms with Crippen molar-refractivity contribution >= 4 is 12.3 Å². The largest absolute Gasteiger partial charge is 0.465 e. The first kappa shape index (κ1) is 13.0. The van der Waals surface area contributed by atoms with Gasteiger partial charge in [0.25, 0.3) is 0 Å². The molecule has 0 amide bonds. The van der Waals surface area contributed by atoms with E-state index in [0.29, 0.717) is 16.8 Å². The van der Waals surface area contributed by atoms with Crippen molar-refractivity contribution in [3.8, 4) is 5.69 Å². The van der Waals surface area contributed by atoms with Crippen LogP contribution in [0, 0.1) is 13.8 Å². The van der Waals surface area contributed by atoms with Gasteiger partial charge in [0.05, 0.1) is 35.3 Å². The number of hydrogen-bond acceptors (Lipinski definition) is 4. The molecule has 0 saturated heterocycles. The van der Waals surface area contributed by atoms with Crippen LogP contribution in [0.2, 0.25) is 0 Å². The molecule has 0 spiro atoms. The highest BCUT2D eigenvalue weighted by Gasteiger charge is 2.12. The van der Waals surface area contributed by atoms with E-state index in [1.807, 2.05) is 6.92 Å². The SMILES string of the molecule is COC(=O)c1ccc(-n2nc(C)c(C=O)c2C)cc1. The van der Waals surface area contributed by atoms with E-state index in [0.717, 1.165) is 17.7 Å². The molecular weight excluding hydrogens is 244 g/mol. The predicted molar refractivity (Wildman–Crippen MR) is 69.8 cm³/mol. The van der Waals surface area contributed by atoms with Crippen LogP contribution in [0.15, 0.2) is 24.3 Å². The molecule has 1 heterocycles. The molecule has 19 heavy (non-hydrogen) atoms. The normalized spacial score (nSPS) is 10.3. The van der Waals surface area contributed by atoms with Crippen molar-refractivity contribution in [2.45, 2.75) is 13.8 Å². The summed E-state index contributed by atoms with van der Waals surface area (Å²) in [6, 6.07) is 6.86.